The molecular weight excluding hydrogens is 799 g/mol. The Hall–Kier alpha value is -2.31. The van der Waals surface area contributed by atoms with Crippen LogP contribution in [0.15, 0.2) is 60.7 Å². The van der Waals surface area contributed by atoms with Gasteiger partial charge in [-0.15, -0.1) is 35.2 Å². The summed E-state index contributed by atoms with van der Waals surface area (Å²) in [6.45, 7) is 36.7. The van der Waals surface area contributed by atoms with Gasteiger partial charge in [-0.05, 0) is 92.2 Å². The summed E-state index contributed by atoms with van der Waals surface area (Å²) < 4.78 is 1.75. The molecule has 56 heavy (non-hydrogen) atoms. The zero-order chi connectivity index (χ0) is 40.3. The zero-order valence-corrected chi connectivity index (χ0v) is 41.5. The normalized spacial score (nSPS) is 12.6. The summed E-state index contributed by atoms with van der Waals surface area (Å²) in [5, 5.41) is 0. The van der Waals surface area contributed by atoms with Crippen molar-refractivity contribution in [1.29, 1.82) is 0 Å². The molecule has 0 spiro atoms. The van der Waals surface area contributed by atoms with Crippen molar-refractivity contribution in [3.8, 4) is 33.4 Å². The van der Waals surface area contributed by atoms with Gasteiger partial charge in [0.05, 0.1) is 0 Å². The van der Waals surface area contributed by atoms with Crippen LogP contribution < -0.4 is 24.8 Å². The molecule has 0 aromatic heterocycles. The summed E-state index contributed by atoms with van der Waals surface area (Å²) in [7, 11) is 0. The molecule has 300 valence electrons. The summed E-state index contributed by atoms with van der Waals surface area (Å²) in [6, 6.07) is 20.8. The minimum atomic E-state index is 0. The number of allylic oxidation sites excluding steroid dienone is 4. The molecule has 6 rings (SSSR count). The number of halogens is 2. The van der Waals surface area contributed by atoms with Gasteiger partial charge in [-0.1, -0.05) is 117 Å². The van der Waals surface area contributed by atoms with Gasteiger partial charge in [0.15, 0.2) is 0 Å². The van der Waals surface area contributed by atoms with E-state index >= 15 is 0 Å². The molecule has 0 nitrogen and oxygen atoms in total. The summed E-state index contributed by atoms with van der Waals surface area (Å²) in [4.78, 5) is 0. The predicted octanol–water partition coefficient (Wildman–Crippen LogP) is 8.95. The van der Waals surface area contributed by atoms with Crippen LogP contribution in [0.3, 0.4) is 0 Å². The fraction of sp³-hybridized carbons (Fsp3) is 0.453. The monoisotopic (exact) mass is 864 g/mol. The first-order chi connectivity index (χ1) is 25.1. The van der Waals surface area contributed by atoms with E-state index in [0.29, 0.717) is 0 Å². The molecule has 0 fully saturated rings. The van der Waals surface area contributed by atoms with Crippen molar-refractivity contribution in [3.05, 3.63) is 128 Å². The maximum Gasteiger partial charge on any atom is -0.0122 e. The Morgan fingerprint density at radius 3 is 1.48 bits per heavy atom. The Morgan fingerprint density at radius 1 is 0.625 bits per heavy atom. The zero-order valence-electron chi connectivity index (χ0n) is 37.5. The van der Waals surface area contributed by atoms with E-state index in [1.54, 1.807) is 27.4 Å². The quantitative estimate of drug-likeness (QED) is 0.150. The van der Waals surface area contributed by atoms with Crippen LogP contribution in [-0.2, 0) is 41.5 Å². The number of rotatable bonds is 6. The molecule has 2 aliphatic carbocycles. The van der Waals surface area contributed by atoms with Crippen molar-refractivity contribution >= 4 is 3.21 Å². The largest absolute Gasteiger partial charge is 1.00 e. The summed E-state index contributed by atoms with van der Waals surface area (Å²) in [5.74, 6) is 1.71. The van der Waals surface area contributed by atoms with Gasteiger partial charge in [0.1, 0.15) is 0 Å². The van der Waals surface area contributed by atoms with Gasteiger partial charge in [-0.25, -0.2) is 12.2 Å². The Balaban J connectivity index is 0.000000536. The van der Waals surface area contributed by atoms with E-state index in [2.05, 4.69) is 171 Å². The van der Waals surface area contributed by atoms with Crippen molar-refractivity contribution in [2.45, 2.75) is 147 Å². The third-order valence-electron chi connectivity index (χ3n) is 10.4. The van der Waals surface area contributed by atoms with Gasteiger partial charge >= 0.3 is 79.8 Å². The first-order valence-corrected chi connectivity index (χ1v) is 21.5. The molecule has 0 amide bonds. The first-order valence-electron chi connectivity index (χ1n) is 20.3. The second kappa shape index (κ2) is 20.6. The van der Waals surface area contributed by atoms with E-state index in [9.17, 15) is 0 Å². The van der Waals surface area contributed by atoms with Crippen LogP contribution in [0.1, 0.15) is 144 Å². The first kappa shape index (κ1) is 49.8. The minimum Gasteiger partial charge on any atom is -1.00 e. The van der Waals surface area contributed by atoms with Crippen LogP contribution in [0.5, 0.6) is 0 Å². The Kier molecular flexibility index (Phi) is 18.3. The second-order valence-electron chi connectivity index (χ2n) is 19.0. The summed E-state index contributed by atoms with van der Waals surface area (Å²) in [5.41, 5.74) is 21.9. The molecule has 0 aliphatic heterocycles. The molecule has 0 bridgehead atoms. The van der Waals surface area contributed by atoms with E-state index in [-0.39, 0.29) is 35.6 Å². The predicted molar refractivity (Wildman–Crippen MR) is 236 cm³/mol. The van der Waals surface area contributed by atoms with E-state index in [1.807, 2.05) is 12.2 Å². The van der Waals surface area contributed by atoms with Gasteiger partial charge in [0.25, 0.3) is 0 Å². The molecule has 0 heterocycles. The molecule has 0 radical (unpaired) electrons. The smallest absolute Gasteiger partial charge is 0.0122 e. The average Bonchev–Trinajstić information content (AvgIpc) is 3.69. The molecule has 0 saturated carbocycles. The SMILES string of the molecule is CC(C)C[C](=[Zr+2])CC(C)C.Cc1cc(C)c(-c2[c-]c3c(cc2C(C)(C)C)-c2cc(C(C)(C)C)c(-c4c(C)cc(C)cc4C)cc2C3)c(C)c1.[C-]1=CC=CC1.[Cl-].[Cl-]. The Morgan fingerprint density at radius 2 is 1.09 bits per heavy atom. The Bertz CT molecular complexity index is 1870. The maximum atomic E-state index is 4.01. The van der Waals surface area contributed by atoms with Crippen molar-refractivity contribution in [2.24, 2.45) is 11.8 Å². The van der Waals surface area contributed by atoms with Gasteiger partial charge in [-0.2, -0.15) is 6.08 Å². The standard InChI is InChI=1S/C39H45.C9H18.C5H5.2ClH.Zr/c1-22-13-24(3)36(25(4)14-22)32-18-28-17-29-19-33(37-26(5)15-23(2)16-27(37)6)35(39(10,11)12)21-31(29)30(28)20-34(32)38(7,8)9;1-8(2)6-5-7-9(3)4;1-2-4-5-3-1;;;/h13-16,18,20-21H,17H2,1-12H3;8-9H,6-7H2,1-4H3;1-3H,4H2;2*1H;/q-1;;-1;;;+2/p-2. The van der Waals surface area contributed by atoms with E-state index in [1.165, 1.54) is 102 Å². The molecule has 0 saturated heterocycles. The molecule has 0 unspecified atom stereocenters. The molecule has 4 aromatic rings. The van der Waals surface area contributed by atoms with Crippen LogP contribution in [-0.4, -0.2) is 3.21 Å². The molecule has 3 heteroatoms. The van der Waals surface area contributed by atoms with Crippen LogP contribution in [0.2, 0.25) is 0 Å². The number of aryl methyl sites for hydroxylation is 6. The number of hydrogen-bond acceptors (Lipinski definition) is 0. The van der Waals surface area contributed by atoms with Crippen molar-refractivity contribution in [1.82, 2.24) is 0 Å². The fourth-order valence-corrected chi connectivity index (χ4v) is 10.4. The third-order valence-corrected chi connectivity index (χ3v) is 11.4. The van der Waals surface area contributed by atoms with Crippen LogP contribution in [0.25, 0.3) is 33.4 Å². The molecule has 0 atom stereocenters. The number of fused-ring (bicyclic) bond motifs is 3. The van der Waals surface area contributed by atoms with Gasteiger partial charge in [0.2, 0.25) is 0 Å². The Labute approximate surface area is 370 Å². The fourth-order valence-electron chi connectivity index (χ4n) is 8.41. The van der Waals surface area contributed by atoms with Crippen LogP contribution in [0, 0.1) is 65.5 Å². The van der Waals surface area contributed by atoms with Crippen LogP contribution in [0.4, 0.5) is 0 Å². The number of benzene rings is 4. The van der Waals surface area contributed by atoms with Crippen molar-refractivity contribution < 1.29 is 49.0 Å². The molecule has 0 N–H and O–H groups in total. The average molecular weight is 867 g/mol. The van der Waals surface area contributed by atoms with Gasteiger partial charge in [0, 0.05) is 0 Å². The van der Waals surface area contributed by atoms with E-state index < -0.39 is 0 Å². The third kappa shape index (κ3) is 12.6. The molecule has 2 aliphatic rings. The van der Waals surface area contributed by atoms with Gasteiger partial charge < -0.3 is 24.8 Å². The van der Waals surface area contributed by atoms with Crippen LogP contribution >= 0.6 is 0 Å². The topological polar surface area (TPSA) is 0 Å². The molecular formula is C53H68Cl2Zr-2. The van der Waals surface area contributed by atoms with Crippen molar-refractivity contribution in [3.63, 3.8) is 0 Å². The van der Waals surface area contributed by atoms with Gasteiger partial charge in [-0.3, -0.25) is 6.08 Å². The summed E-state index contributed by atoms with van der Waals surface area (Å²) >= 11 is 1.65. The summed E-state index contributed by atoms with van der Waals surface area (Å²) in [6.07, 6.45) is 13.6. The second-order valence-corrected chi connectivity index (χ2v) is 20.8. The number of hydrogen-bond donors (Lipinski definition) is 0. The minimum absolute atomic E-state index is 0. The van der Waals surface area contributed by atoms with Crippen molar-refractivity contribution in [2.75, 3.05) is 0 Å². The maximum absolute atomic E-state index is 4.01. The molecule has 4 aromatic carbocycles. The van der Waals surface area contributed by atoms with E-state index in [0.717, 1.165) is 24.7 Å². The van der Waals surface area contributed by atoms with E-state index in [4.69, 9.17) is 0 Å².